The lowest BCUT2D eigenvalue weighted by molar-refractivity contribution is -0.159. The number of hydrogen-bond acceptors (Lipinski definition) is 5. The van der Waals surface area contributed by atoms with Crippen molar-refractivity contribution in [1.29, 1.82) is 0 Å². The zero-order valence-corrected chi connectivity index (χ0v) is 16.2. The predicted molar refractivity (Wildman–Crippen MR) is 112 cm³/mol. The molecule has 0 spiro atoms. The monoisotopic (exact) mass is 379 g/mol. The van der Waals surface area contributed by atoms with Gasteiger partial charge in [0.15, 0.2) is 6.29 Å². The minimum absolute atomic E-state index is 0.474. The molecule has 0 amide bonds. The summed E-state index contributed by atoms with van der Waals surface area (Å²) in [5.41, 5.74) is 15.0. The van der Waals surface area contributed by atoms with Gasteiger partial charge >= 0.3 is 0 Å². The van der Waals surface area contributed by atoms with Gasteiger partial charge in [0, 0.05) is 18.8 Å². The van der Waals surface area contributed by atoms with E-state index in [0.717, 1.165) is 11.1 Å². The number of ether oxygens (including phenoxy) is 1. The second-order valence-electron chi connectivity index (χ2n) is 7.08. The molecule has 0 fully saturated rings. The molecule has 3 unspecified atom stereocenters. The molecule has 5 heteroatoms. The van der Waals surface area contributed by atoms with Crippen molar-refractivity contribution in [3.05, 3.63) is 95.7 Å². The summed E-state index contributed by atoms with van der Waals surface area (Å²) in [6.07, 6.45) is 4.50. The van der Waals surface area contributed by atoms with Crippen LogP contribution in [-0.4, -0.2) is 28.1 Å². The number of aliphatic hydroxyl groups excluding tert-OH is 1. The Morgan fingerprint density at radius 3 is 2.07 bits per heavy atom. The topological polar surface area (TPSA) is 84.7 Å². The van der Waals surface area contributed by atoms with Crippen LogP contribution in [0.15, 0.2) is 84.6 Å². The normalized spacial score (nSPS) is 22.9. The van der Waals surface area contributed by atoms with Crippen LogP contribution in [0, 0.1) is 0 Å². The number of aliphatic hydroxyl groups is 1. The van der Waals surface area contributed by atoms with Gasteiger partial charge in [-0.05, 0) is 23.6 Å². The minimum Gasteiger partial charge on any atom is -0.399 e. The molecule has 1 aliphatic rings. The van der Waals surface area contributed by atoms with E-state index < -0.39 is 18.1 Å². The fraction of sp³-hybridized carbons (Fsp3) is 0.304. The highest BCUT2D eigenvalue weighted by molar-refractivity contribution is 5.32. The molecule has 3 atom stereocenters. The third-order valence-corrected chi connectivity index (χ3v) is 5.07. The highest BCUT2D eigenvalue weighted by Crippen LogP contribution is 2.31. The third kappa shape index (κ3) is 4.51. The zero-order valence-electron chi connectivity index (χ0n) is 16.2. The van der Waals surface area contributed by atoms with Gasteiger partial charge in [0.25, 0.3) is 0 Å². The molecule has 5 N–H and O–H groups in total. The van der Waals surface area contributed by atoms with Crippen LogP contribution >= 0.6 is 0 Å². The highest BCUT2D eigenvalue weighted by atomic mass is 16.6. The van der Waals surface area contributed by atoms with Gasteiger partial charge in [-0.1, -0.05) is 79.7 Å². The summed E-state index contributed by atoms with van der Waals surface area (Å²) < 4.78 is 5.86. The van der Waals surface area contributed by atoms with Gasteiger partial charge in [-0.2, -0.15) is 0 Å². The van der Waals surface area contributed by atoms with Crippen molar-refractivity contribution in [2.75, 3.05) is 0 Å². The van der Waals surface area contributed by atoms with Crippen molar-refractivity contribution < 1.29 is 9.84 Å². The van der Waals surface area contributed by atoms with E-state index in [2.05, 4.69) is 29.2 Å². The fourth-order valence-corrected chi connectivity index (χ4v) is 3.41. The molecule has 1 aliphatic carbocycles. The molecule has 0 heterocycles. The SMILES string of the molecule is CCC(O)OC1C=CC=C(N)C1(N)N(Cc1ccccc1)Cc1ccccc1. The van der Waals surface area contributed by atoms with Crippen LogP contribution in [0.5, 0.6) is 0 Å². The van der Waals surface area contributed by atoms with Crippen molar-refractivity contribution in [1.82, 2.24) is 4.90 Å². The number of nitrogens with zero attached hydrogens (tertiary/aromatic N) is 1. The van der Waals surface area contributed by atoms with Gasteiger partial charge in [0.05, 0.1) is 0 Å². The minimum atomic E-state index is -1.09. The van der Waals surface area contributed by atoms with E-state index in [9.17, 15) is 5.11 Å². The first-order valence-corrected chi connectivity index (χ1v) is 9.63. The lowest BCUT2D eigenvalue weighted by Gasteiger charge is -2.47. The number of benzene rings is 2. The second kappa shape index (κ2) is 9.17. The summed E-state index contributed by atoms with van der Waals surface area (Å²) in [5.74, 6) is 0. The van der Waals surface area contributed by atoms with Crippen LogP contribution in [0.4, 0.5) is 0 Å². The maximum atomic E-state index is 10.1. The Morgan fingerprint density at radius 1 is 1.04 bits per heavy atom. The van der Waals surface area contributed by atoms with E-state index in [1.54, 1.807) is 6.08 Å². The molecule has 2 aromatic rings. The number of nitrogens with two attached hydrogens (primary N) is 2. The van der Waals surface area contributed by atoms with Crippen molar-refractivity contribution in [3.63, 3.8) is 0 Å². The van der Waals surface area contributed by atoms with E-state index >= 15 is 0 Å². The molecule has 0 radical (unpaired) electrons. The molecular formula is C23H29N3O2. The Hall–Kier alpha value is -2.44. The fourth-order valence-electron chi connectivity index (χ4n) is 3.41. The van der Waals surface area contributed by atoms with Gasteiger partial charge in [0.1, 0.15) is 11.8 Å². The van der Waals surface area contributed by atoms with E-state index in [0.29, 0.717) is 25.2 Å². The first kappa shape index (κ1) is 20.3. The Morgan fingerprint density at radius 2 is 1.57 bits per heavy atom. The van der Waals surface area contributed by atoms with Crippen LogP contribution in [0.3, 0.4) is 0 Å². The molecule has 3 rings (SSSR count). The zero-order chi connectivity index (χ0) is 20.0. The number of rotatable bonds is 8. The summed E-state index contributed by atoms with van der Waals surface area (Å²) in [6, 6.07) is 20.3. The first-order valence-electron chi connectivity index (χ1n) is 9.63. The number of allylic oxidation sites excluding steroid dienone is 2. The summed E-state index contributed by atoms with van der Waals surface area (Å²) >= 11 is 0. The molecule has 0 aliphatic heterocycles. The molecule has 5 nitrogen and oxygen atoms in total. The molecule has 0 bridgehead atoms. The predicted octanol–water partition coefficient (Wildman–Crippen LogP) is 2.87. The lowest BCUT2D eigenvalue weighted by atomic mass is 9.91. The van der Waals surface area contributed by atoms with E-state index in [1.165, 1.54) is 0 Å². The summed E-state index contributed by atoms with van der Waals surface area (Å²) in [5, 5.41) is 10.1. The Bertz CT molecular complexity index is 766. The highest BCUT2D eigenvalue weighted by Gasteiger charge is 2.44. The molecule has 2 aromatic carbocycles. The van der Waals surface area contributed by atoms with Crippen molar-refractivity contribution >= 4 is 0 Å². The van der Waals surface area contributed by atoms with Crippen molar-refractivity contribution in [2.45, 2.75) is 44.5 Å². The van der Waals surface area contributed by atoms with Crippen molar-refractivity contribution in [2.24, 2.45) is 11.5 Å². The molecule has 0 saturated carbocycles. The first-order chi connectivity index (χ1) is 13.5. The standard InChI is InChI=1S/C23H29N3O2/c1-2-22(27)28-21-15-9-14-20(24)23(21,25)26(16-18-10-5-3-6-11-18)17-19-12-7-4-8-13-19/h3-15,21-22,27H,2,16-17,24-25H2,1H3. The maximum Gasteiger partial charge on any atom is 0.155 e. The van der Waals surface area contributed by atoms with E-state index in [-0.39, 0.29) is 0 Å². The van der Waals surface area contributed by atoms with Crippen LogP contribution in [0.25, 0.3) is 0 Å². The smallest absolute Gasteiger partial charge is 0.155 e. The molecule has 28 heavy (non-hydrogen) atoms. The van der Waals surface area contributed by atoms with Gasteiger partial charge in [0.2, 0.25) is 0 Å². The van der Waals surface area contributed by atoms with Gasteiger partial charge in [-0.3, -0.25) is 4.90 Å². The Balaban J connectivity index is 1.97. The number of hydrogen-bond donors (Lipinski definition) is 3. The van der Waals surface area contributed by atoms with Crippen LogP contribution < -0.4 is 11.5 Å². The summed E-state index contributed by atoms with van der Waals surface area (Å²) in [7, 11) is 0. The summed E-state index contributed by atoms with van der Waals surface area (Å²) in [6.45, 7) is 3.05. The Kier molecular flexibility index (Phi) is 6.65. The molecule has 0 saturated heterocycles. The second-order valence-corrected chi connectivity index (χ2v) is 7.08. The van der Waals surface area contributed by atoms with E-state index in [1.807, 2.05) is 55.5 Å². The van der Waals surface area contributed by atoms with Gasteiger partial charge < -0.3 is 21.3 Å². The lowest BCUT2D eigenvalue weighted by Crippen LogP contribution is -2.66. The van der Waals surface area contributed by atoms with Gasteiger partial charge in [-0.25, -0.2) is 0 Å². The average Bonchev–Trinajstić information content (AvgIpc) is 2.72. The molecule has 148 valence electrons. The maximum absolute atomic E-state index is 10.1. The quantitative estimate of drug-likeness (QED) is 0.614. The average molecular weight is 380 g/mol. The van der Waals surface area contributed by atoms with Crippen molar-refractivity contribution in [3.8, 4) is 0 Å². The van der Waals surface area contributed by atoms with E-state index in [4.69, 9.17) is 16.2 Å². The molecule has 0 aromatic heterocycles. The largest absolute Gasteiger partial charge is 0.399 e. The summed E-state index contributed by atoms with van der Waals surface area (Å²) in [4.78, 5) is 2.11. The van der Waals surface area contributed by atoms with Gasteiger partial charge in [-0.15, -0.1) is 0 Å². The Labute approximate surface area is 166 Å². The van der Waals surface area contributed by atoms with Crippen LogP contribution in [0.1, 0.15) is 24.5 Å². The van der Waals surface area contributed by atoms with Crippen LogP contribution in [0.2, 0.25) is 0 Å². The van der Waals surface area contributed by atoms with Crippen LogP contribution in [-0.2, 0) is 17.8 Å². The molecular weight excluding hydrogens is 350 g/mol. The third-order valence-electron chi connectivity index (χ3n) is 5.07.